The van der Waals surface area contributed by atoms with Crippen LogP contribution in [-0.2, 0) is 0 Å². The molecule has 3 heterocycles. The molecule has 4 heteroatoms. The largest absolute Gasteiger partial charge is 0.346 e. The van der Waals surface area contributed by atoms with E-state index in [-0.39, 0.29) is 0 Å². The number of hydrogen-bond acceptors (Lipinski definition) is 3. The molecule has 1 N–H and O–H groups in total. The minimum absolute atomic E-state index is 0.934. The van der Waals surface area contributed by atoms with E-state index < -0.39 is 0 Å². The summed E-state index contributed by atoms with van der Waals surface area (Å²) in [5.74, 6) is 0. The zero-order chi connectivity index (χ0) is 20.1. The second-order valence-electron chi connectivity index (χ2n) is 6.85. The molecule has 0 aromatic carbocycles. The Balaban J connectivity index is 0.00000109. The summed E-state index contributed by atoms with van der Waals surface area (Å²) in [5, 5.41) is 1.17. The molecular formula is C24H30N4. The molecule has 0 radical (unpaired) electrons. The molecule has 2 aromatic rings. The summed E-state index contributed by atoms with van der Waals surface area (Å²) in [7, 11) is 3.99. The molecule has 0 atom stereocenters. The predicted octanol–water partition coefficient (Wildman–Crippen LogP) is 5.28. The van der Waals surface area contributed by atoms with E-state index in [2.05, 4.69) is 76.5 Å². The molecule has 2 aromatic heterocycles. The van der Waals surface area contributed by atoms with Gasteiger partial charge in [0.25, 0.3) is 0 Å². The lowest BCUT2D eigenvalue weighted by atomic mass is 9.94. The molecule has 4 rings (SSSR count). The molecule has 146 valence electrons. The lowest BCUT2D eigenvalue weighted by molar-refractivity contribution is 0.370. The number of hydrogen-bond donors (Lipinski definition) is 1. The standard InChI is InChI=1S/C22H24N4.C2H6/c1-4-15-11-17(5-6-21(15)23-2)20-14-25-22-19(20)12-18(13-24-22)16-7-9-26(3)10-8-16;1-2/h4-7,11-14H,8-10H2,1-3H3,(H,24,25);1-2H3/b15-4-,23-21?;. The molecule has 0 fully saturated rings. The average molecular weight is 375 g/mol. The van der Waals surface area contributed by atoms with Crippen LogP contribution in [0.1, 0.15) is 38.3 Å². The summed E-state index contributed by atoms with van der Waals surface area (Å²) in [5.41, 5.74) is 8.11. The van der Waals surface area contributed by atoms with Gasteiger partial charge >= 0.3 is 0 Å². The Labute approximate surface area is 168 Å². The lowest BCUT2D eigenvalue weighted by Crippen LogP contribution is -2.23. The van der Waals surface area contributed by atoms with E-state index in [4.69, 9.17) is 0 Å². The smallest absolute Gasteiger partial charge is 0.137 e. The van der Waals surface area contributed by atoms with Gasteiger partial charge in [0.15, 0.2) is 0 Å². The van der Waals surface area contributed by atoms with Crippen LogP contribution in [0, 0.1) is 0 Å². The third-order valence-corrected chi connectivity index (χ3v) is 5.20. The monoisotopic (exact) mass is 374 g/mol. The number of nitrogens with one attached hydrogen (secondary N) is 1. The maximum absolute atomic E-state index is 4.66. The number of likely N-dealkylation sites (N-methyl/N-ethyl adjacent to an activating group) is 1. The molecule has 0 saturated heterocycles. The van der Waals surface area contributed by atoms with Crippen molar-refractivity contribution in [3.63, 3.8) is 0 Å². The normalized spacial score (nSPS) is 20.2. The SMILES string of the molecule is C/C=C1/C=C(c2c[nH]c3ncc(C4=CCN(C)CC4)cc23)C=CC1=NC.CC. The zero-order valence-corrected chi connectivity index (χ0v) is 17.6. The van der Waals surface area contributed by atoms with Gasteiger partial charge in [-0.05, 0) is 60.9 Å². The third-order valence-electron chi connectivity index (χ3n) is 5.20. The van der Waals surface area contributed by atoms with Gasteiger partial charge in [-0.25, -0.2) is 4.98 Å². The van der Waals surface area contributed by atoms with Crippen molar-refractivity contribution in [3.05, 3.63) is 65.5 Å². The molecule has 28 heavy (non-hydrogen) atoms. The molecule has 4 nitrogen and oxygen atoms in total. The molecule has 0 bridgehead atoms. The van der Waals surface area contributed by atoms with Crippen molar-refractivity contribution in [2.75, 3.05) is 27.2 Å². The number of aromatic nitrogens is 2. The quantitative estimate of drug-likeness (QED) is 0.777. The zero-order valence-electron chi connectivity index (χ0n) is 17.6. The molecule has 1 aliphatic carbocycles. The van der Waals surface area contributed by atoms with Gasteiger partial charge in [0, 0.05) is 43.5 Å². The molecule has 0 saturated carbocycles. The highest BCUT2D eigenvalue weighted by molar-refractivity contribution is 6.15. The van der Waals surface area contributed by atoms with Crippen LogP contribution in [0.25, 0.3) is 22.2 Å². The number of rotatable bonds is 2. The molecule has 2 aliphatic rings. The summed E-state index contributed by atoms with van der Waals surface area (Å²) < 4.78 is 0. The Morgan fingerprint density at radius 3 is 2.75 bits per heavy atom. The van der Waals surface area contributed by atoms with Crippen molar-refractivity contribution in [3.8, 4) is 0 Å². The van der Waals surface area contributed by atoms with E-state index in [0.717, 1.165) is 36.4 Å². The van der Waals surface area contributed by atoms with Crippen molar-refractivity contribution in [2.24, 2.45) is 4.99 Å². The molecule has 0 spiro atoms. The first-order chi connectivity index (χ1) is 13.7. The number of aliphatic imine (C=N–C) groups is 1. The Hall–Kier alpha value is -2.72. The summed E-state index contributed by atoms with van der Waals surface area (Å²) in [6, 6.07) is 2.28. The van der Waals surface area contributed by atoms with Crippen molar-refractivity contribution in [1.82, 2.24) is 14.9 Å². The van der Waals surface area contributed by atoms with Crippen LogP contribution >= 0.6 is 0 Å². The first-order valence-corrected chi connectivity index (χ1v) is 10.1. The number of aromatic amines is 1. The minimum atomic E-state index is 0.934. The van der Waals surface area contributed by atoms with Gasteiger partial charge < -0.3 is 9.88 Å². The van der Waals surface area contributed by atoms with E-state index in [1.54, 1.807) is 0 Å². The van der Waals surface area contributed by atoms with Crippen LogP contribution in [0.3, 0.4) is 0 Å². The summed E-state index contributed by atoms with van der Waals surface area (Å²) in [4.78, 5) is 14.7. The van der Waals surface area contributed by atoms with Gasteiger partial charge in [0.1, 0.15) is 5.65 Å². The number of fused-ring (bicyclic) bond motifs is 1. The highest BCUT2D eigenvalue weighted by Gasteiger charge is 2.15. The Morgan fingerprint density at radius 2 is 2.07 bits per heavy atom. The van der Waals surface area contributed by atoms with Crippen LogP contribution in [0.5, 0.6) is 0 Å². The van der Waals surface area contributed by atoms with Crippen molar-refractivity contribution in [2.45, 2.75) is 27.2 Å². The number of H-pyrrole nitrogens is 1. The van der Waals surface area contributed by atoms with E-state index in [0.29, 0.717) is 0 Å². The van der Waals surface area contributed by atoms with Crippen molar-refractivity contribution < 1.29 is 0 Å². The van der Waals surface area contributed by atoms with E-state index >= 15 is 0 Å². The summed E-state index contributed by atoms with van der Waals surface area (Å²) in [6.07, 6.45) is 16.0. The van der Waals surface area contributed by atoms with E-state index in [1.165, 1.54) is 27.7 Å². The van der Waals surface area contributed by atoms with Gasteiger partial charge in [-0.3, -0.25) is 4.99 Å². The fourth-order valence-corrected chi connectivity index (χ4v) is 3.61. The number of allylic oxidation sites excluding steroid dienone is 6. The van der Waals surface area contributed by atoms with Crippen LogP contribution in [-0.4, -0.2) is 47.8 Å². The van der Waals surface area contributed by atoms with Crippen LogP contribution in [0.4, 0.5) is 0 Å². The Bertz CT molecular complexity index is 999. The van der Waals surface area contributed by atoms with Crippen LogP contribution in [0.2, 0.25) is 0 Å². The summed E-state index contributed by atoms with van der Waals surface area (Å²) in [6.45, 7) is 8.15. The second kappa shape index (κ2) is 8.98. The first-order valence-electron chi connectivity index (χ1n) is 10.1. The summed E-state index contributed by atoms with van der Waals surface area (Å²) >= 11 is 0. The lowest BCUT2D eigenvalue weighted by Gasteiger charge is -2.22. The molecular weight excluding hydrogens is 344 g/mol. The highest BCUT2D eigenvalue weighted by Crippen LogP contribution is 2.31. The van der Waals surface area contributed by atoms with E-state index in [9.17, 15) is 0 Å². The van der Waals surface area contributed by atoms with Crippen LogP contribution < -0.4 is 0 Å². The fourth-order valence-electron chi connectivity index (χ4n) is 3.61. The average Bonchev–Trinajstić information content (AvgIpc) is 3.18. The van der Waals surface area contributed by atoms with Gasteiger partial charge in [-0.2, -0.15) is 0 Å². The van der Waals surface area contributed by atoms with Crippen LogP contribution in [0.15, 0.2) is 59.4 Å². The predicted molar refractivity (Wildman–Crippen MR) is 122 cm³/mol. The van der Waals surface area contributed by atoms with Gasteiger partial charge in [0.05, 0.1) is 5.71 Å². The second-order valence-corrected chi connectivity index (χ2v) is 6.85. The third kappa shape index (κ3) is 3.92. The van der Waals surface area contributed by atoms with Gasteiger partial charge in [-0.1, -0.05) is 32.1 Å². The molecule has 1 aliphatic heterocycles. The highest BCUT2D eigenvalue weighted by atomic mass is 15.1. The Kier molecular flexibility index (Phi) is 6.42. The maximum atomic E-state index is 4.66. The molecule has 0 amide bonds. The minimum Gasteiger partial charge on any atom is -0.346 e. The van der Waals surface area contributed by atoms with Crippen molar-refractivity contribution >= 4 is 27.9 Å². The Morgan fingerprint density at radius 1 is 1.25 bits per heavy atom. The van der Waals surface area contributed by atoms with Crippen molar-refractivity contribution in [1.29, 1.82) is 0 Å². The first kappa shape index (κ1) is 20.0. The molecule has 0 unspecified atom stereocenters. The number of pyridine rings is 1. The fraction of sp³-hybridized carbons (Fsp3) is 0.333. The number of nitrogens with zero attached hydrogens (tertiary/aromatic N) is 3. The van der Waals surface area contributed by atoms with Gasteiger partial charge in [-0.15, -0.1) is 0 Å². The van der Waals surface area contributed by atoms with E-state index in [1.807, 2.05) is 27.1 Å². The maximum Gasteiger partial charge on any atom is 0.137 e. The van der Waals surface area contributed by atoms with Gasteiger partial charge in [0.2, 0.25) is 0 Å². The topological polar surface area (TPSA) is 44.3 Å².